The Bertz CT molecular complexity index is 932. The van der Waals surface area contributed by atoms with Crippen LogP contribution in [0.15, 0.2) is 106 Å². The smallest absolute Gasteiger partial charge is 0.127 e. The van der Waals surface area contributed by atoms with Crippen molar-refractivity contribution in [2.24, 2.45) is 4.99 Å². The Kier molecular flexibility index (Phi) is 5.38. The number of rotatable bonds is 5. The summed E-state index contributed by atoms with van der Waals surface area (Å²) in [5, 5.41) is 0. The molecule has 0 N–H and O–H groups in total. The summed E-state index contributed by atoms with van der Waals surface area (Å²) in [6, 6.07) is 32.6. The van der Waals surface area contributed by atoms with Gasteiger partial charge in [0, 0.05) is 22.9 Å². The van der Waals surface area contributed by atoms with E-state index in [9.17, 15) is 0 Å². The molecule has 0 amide bonds. The van der Waals surface area contributed by atoms with E-state index < -0.39 is 0 Å². The van der Waals surface area contributed by atoms with Gasteiger partial charge in [0.1, 0.15) is 9.91 Å². The van der Waals surface area contributed by atoms with E-state index in [2.05, 4.69) is 95.9 Å². The van der Waals surface area contributed by atoms with Crippen molar-refractivity contribution in [3.8, 4) is 0 Å². The Balaban J connectivity index is 1.55. The number of fused-ring (bicyclic) bond motifs is 1. The maximum Gasteiger partial charge on any atom is 0.127 e. The van der Waals surface area contributed by atoms with Gasteiger partial charge in [-0.25, -0.2) is 0 Å². The molecule has 1 saturated heterocycles. The van der Waals surface area contributed by atoms with E-state index >= 15 is 0 Å². The highest BCUT2D eigenvalue weighted by molar-refractivity contribution is 8.19. The van der Waals surface area contributed by atoms with Gasteiger partial charge >= 0.3 is 0 Å². The Morgan fingerprint density at radius 1 is 0.759 bits per heavy atom. The molecule has 1 unspecified atom stereocenters. The molecule has 2 aliphatic heterocycles. The first-order valence-corrected chi connectivity index (χ1v) is 11.8. The molecule has 0 spiro atoms. The Hall–Kier alpha value is -2.17. The topological polar surface area (TPSA) is 15.6 Å². The molecule has 146 valence electrons. The maximum atomic E-state index is 5.33. The molecule has 0 bridgehead atoms. The van der Waals surface area contributed by atoms with Crippen LogP contribution in [-0.2, 0) is 0 Å². The summed E-state index contributed by atoms with van der Waals surface area (Å²) in [5.41, 5.74) is 1.32. The number of piperidine rings is 1. The van der Waals surface area contributed by atoms with Crippen LogP contribution in [0.1, 0.15) is 24.4 Å². The monoisotopic (exact) mass is 416 g/mol. The van der Waals surface area contributed by atoms with Crippen LogP contribution in [0.5, 0.6) is 0 Å². The number of benzene rings is 3. The Morgan fingerprint density at radius 2 is 1.31 bits per heavy atom. The largest absolute Gasteiger partial charge is 0.356 e. The van der Waals surface area contributed by atoms with Crippen molar-refractivity contribution in [3.05, 3.63) is 96.6 Å². The molecule has 3 aromatic rings. The lowest BCUT2D eigenvalue weighted by atomic mass is 10.1. The van der Waals surface area contributed by atoms with Gasteiger partial charge in [0.05, 0.1) is 6.04 Å². The zero-order valence-electron chi connectivity index (χ0n) is 16.3. The zero-order valence-corrected chi connectivity index (χ0v) is 17.9. The van der Waals surface area contributed by atoms with Crippen LogP contribution in [0.25, 0.3) is 0 Å². The first-order valence-electron chi connectivity index (χ1n) is 10.2. The molecule has 1 atom stereocenters. The predicted molar refractivity (Wildman–Crippen MR) is 125 cm³/mol. The van der Waals surface area contributed by atoms with E-state index in [0.29, 0.717) is 0 Å². The van der Waals surface area contributed by atoms with Crippen LogP contribution in [0.4, 0.5) is 0 Å². The SMILES string of the molecule is c1ccc(SC2(Sc3ccccc3)CCCN3CC(c4ccccc4)N=C32)cc1. The highest BCUT2D eigenvalue weighted by Crippen LogP contribution is 2.53. The first kappa shape index (κ1) is 18.8. The van der Waals surface area contributed by atoms with Crippen molar-refractivity contribution in [2.45, 2.75) is 32.8 Å². The van der Waals surface area contributed by atoms with Gasteiger partial charge < -0.3 is 4.90 Å². The van der Waals surface area contributed by atoms with Crippen LogP contribution in [0.2, 0.25) is 0 Å². The van der Waals surface area contributed by atoms with Gasteiger partial charge in [-0.15, -0.1) is 0 Å². The zero-order chi connectivity index (χ0) is 19.5. The molecule has 0 radical (unpaired) electrons. The molecule has 0 aromatic heterocycles. The number of amidine groups is 1. The van der Waals surface area contributed by atoms with Crippen molar-refractivity contribution in [2.75, 3.05) is 13.1 Å². The number of hydrogen-bond acceptors (Lipinski definition) is 4. The molecule has 3 aromatic carbocycles. The van der Waals surface area contributed by atoms with Crippen molar-refractivity contribution in [1.82, 2.24) is 4.90 Å². The third-order valence-electron chi connectivity index (χ3n) is 5.48. The summed E-state index contributed by atoms with van der Waals surface area (Å²) in [7, 11) is 0. The Morgan fingerprint density at radius 3 is 1.90 bits per heavy atom. The fourth-order valence-electron chi connectivity index (χ4n) is 4.14. The van der Waals surface area contributed by atoms with E-state index in [0.717, 1.165) is 19.5 Å². The van der Waals surface area contributed by atoms with Crippen LogP contribution >= 0.6 is 23.5 Å². The molecule has 4 heteroatoms. The third kappa shape index (κ3) is 3.96. The number of thioether (sulfide) groups is 2. The summed E-state index contributed by atoms with van der Waals surface area (Å²) < 4.78 is -0.0928. The van der Waals surface area contributed by atoms with E-state index in [-0.39, 0.29) is 10.1 Å². The van der Waals surface area contributed by atoms with Crippen LogP contribution in [0, 0.1) is 0 Å². The van der Waals surface area contributed by atoms with Gasteiger partial charge in [-0.3, -0.25) is 4.99 Å². The fourth-order valence-corrected chi connectivity index (χ4v) is 7.27. The van der Waals surface area contributed by atoms with E-state index in [4.69, 9.17) is 4.99 Å². The van der Waals surface area contributed by atoms with Crippen LogP contribution < -0.4 is 0 Å². The van der Waals surface area contributed by atoms with Gasteiger partial charge in [0.15, 0.2) is 0 Å². The van der Waals surface area contributed by atoms with Gasteiger partial charge in [-0.05, 0) is 42.7 Å². The van der Waals surface area contributed by atoms with Gasteiger partial charge in [-0.1, -0.05) is 90.3 Å². The molecule has 5 rings (SSSR count). The van der Waals surface area contributed by atoms with Crippen molar-refractivity contribution < 1.29 is 0 Å². The number of aliphatic imine (C=N–C) groups is 1. The standard InChI is InChI=1S/C25H24N2S2/c1-4-11-20(12-5-1)23-19-27-18-10-17-25(24(27)26-23,28-21-13-6-2-7-14-21)29-22-15-8-3-9-16-22/h1-9,11-16,23H,10,17-19H2. The highest BCUT2D eigenvalue weighted by Gasteiger charge is 2.47. The van der Waals surface area contributed by atoms with Crippen molar-refractivity contribution >= 4 is 29.4 Å². The summed E-state index contributed by atoms with van der Waals surface area (Å²) in [6.07, 6.45) is 2.32. The molecular formula is C25H24N2S2. The second-order valence-electron chi connectivity index (χ2n) is 7.51. The molecule has 1 fully saturated rings. The molecule has 29 heavy (non-hydrogen) atoms. The lowest BCUT2D eigenvalue weighted by molar-refractivity contribution is 0.381. The summed E-state index contributed by atoms with van der Waals surface area (Å²) >= 11 is 3.94. The minimum atomic E-state index is -0.0928. The Labute approximate surface area is 181 Å². The van der Waals surface area contributed by atoms with E-state index in [1.807, 2.05) is 23.5 Å². The number of nitrogens with zero attached hydrogens (tertiary/aromatic N) is 2. The quantitative estimate of drug-likeness (QED) is 0.441. The van der Waals surface area contributed by atoms with Crippen LogP contribution in [-0.4, -0.2) is 27.9 Å². The molecule has 2 nitrogen and oxygen atoms in total. The minimum Gasteiger partial charge on any atom is -0.356 e. The normalized spacial score (nSPS) is 20.2. The molecule has 2 heterocycles. The minimum absolute atomic E-state index is 0.0928. The maximum absolute atomic E-state index is 5.33. The fraction of sp³-hybridized carbons (Fsp3) is 0.240. The molecular weight excluding hydrogens is 392 g/mol. The lowest BCUT2D eigenvalue weighted by Gasteiger charge is -2.41. The second-order valence-corrected chi connectivity index (χ2v) is 10.5. The second kappa shape index (κ2) is 8.29. The average molecular weight is 417 g/mol. The molecule has 0 saturated carbocycles. The summed E-state index contributed by atoms with van der Waals surface area (Å²) in [5.74, 6) is 1.26. The van der Waals surface area contributed by atoms with Crippen LogP contribution in [0.3, 0.4) is 0 Å². The highest BCUT2D eigenvalue weighted by atomic mass is 32.2. The van der Waals surface area contributed by atoms with E-state index in [1.54, 1.807) is 0 Å². The van der Waals surface area contributed by atoms with Gasteiger partial charge in [-0.2, -0.15) is 0 Å². The number of hydrogen-bond donors (Lipinski definition) is 0. The molecule has 2 aliphatic rings. The lowest BCUT2D eigenvalue weighted by Crippen LogP contribution is -2.47. The molecule has 0 aliphatic carbocycles. The van der Waals surface area contributed by atoms with E-state index in [1.165, 1.54) is 27.6 Å². The summed E-state index contributed by atoms with van der Waals surface area (Å²) in [6.45, 7) is 2.10. The average Bonchev–Trinajstić information content (AvgIpc) is 3.22. The predicted octanol–water partition coefficient (Wildman–Crippen LogP) is 6.52. The summed E-state index contributed by atoms with van der Waals surface area (Å²) in [4.78, 5) is 10.5. The van der Waals surface area contributed by atoms with Gasteiger partial charge in [0.25, 0.3) is 0 Å². The van der Waals surface area contributed by atoms with Crippen molar-refractivity contribution in [3.63, 3.8) is 0 Å². The van der Waals surface area contributed by atoms with Crippen molar-refractivity contribution in [1.29, 1.82) is 0 Å². The first-order chi connectivity index (χ1) is 14.3. The van der Waals surface area contributed by atoms with Gasteiger partial charge in [0.2, 0.25) is 0 Å². The third-order valence-corrected chi connectivity index (χ3v) is 8.43.